The monoisotopic (exact) mass is 406 g/mol. The Morgan fingerprint density at radius 3 is 2.04 bits per heavy atom. The predicted octanol–water partition coefficient (Wildman–Crippen LogP) is -0.272. The van der Waals surface area contributed by atoms with Crippen molar-refractivity contribution in [2.45, 2.75) is 33.3 Å². The maximum absolute atomic E-state index is 12.0. The average Bonchev–Trinajstić information content (AvgIpc) is 2.55. The molecule has 2 N–H and O–H groups in total. The predicted molar refractivity (Wildman–Crippen MR) is 101 cm³/mol. The van der Waals surface area contributed by atoms with Crippen LogP contribution in [0.5, 0.6) is 0 Å². The fourth-order valence-corrected chi connectivity index (χ4v) is 1.93. The molecule has 10 heteroatoms. The van der Waals surface area contributed by atoms with Crippen LogP contribution in [0.3, 0.4) is 0 Å². The SMILES string of the molecule is CC(=O)OCCN(CCOC(=O)COCCOCCN)CC(=O)OC(C)(C)C. The van der Waals surface area contributed by atoms with E-state index in [2.05, 4.69) is 0 Å². The van der Waals surface area contributed by atoms with Crippen LogP contribution in [-0.2, 0) is 38.1 Å². The van der Waals surface area contributed by atoms with Gasteiger partial charge in [0, 0.05) is 26.6 Å². The standard InChI is InChI=1S/C18H34N2O8/c1-15(21)26-9-6-20(13-16(22)28-18(2,3)4)7-10-27-17(23)14-25-12-11-24-8-5-19/h5-14,19H2,1-4H3. The second kappa shape index (κ2) is 15.2. The Morgan fingerprint density at radius 2 is 1.46 bits per heavy atom. The third-order valence-corrected chi connectivity index (χ3v) is 3.01. The third-order valence-electron chi connectivity index (χ3n) is 3.01. The van der Waals surface area contributed by atoms with Crippen molar-refractivity contribution in [3.8, 4) is 0 Å². The summed E-state index contributed by atoms with van der Waals surface area (Å²) in [6.45, 7) is 8.70. The van der Waals surface area contributed by atoms with Gasteiger partial charge in [-0.25, -0.2) is 4.79 Å². The Kier molecular flexibility index (Phi) is 14.3. The summed E-state index contributed by atoms with van der Waals surface area (Å²) < 4.78 is 25.5. The number of esters is 3. The molecule has 0 aromatic rings. The minimum Gasteiger partial charge on any atom is -0.465 e. The van der Waals surface area contributed by atoms with E-state index in [1.165, 1.54) is 6.92 Å². The lowest BCUT2D eigenvalue weighted by atomic mass is 10.2. The summed E-state index contributed by atoms with van der Waals surface area (Å²) in [5.74, 6) is -1.34. The molecule has 0 spiro atoms. The molecule has 0 aromatic carbocycles. The van der Waals surface area contributed by atoms with Crippen LogP contribution in [0, 0.1) is 0 Å². The number of carbonyl (C=O) groups excluding carboxylic acids is 3. The number of nitrogens with two attached hydrogens (primary N) is 1. The van der Waals surface area contributed by atoms with E-state index >= 15 is 0 Å². The zero-order valence-corrected chi connectivity index (χ0v) is 17.4. The molecule has 10 nitrogen and oxygen atoms in total. The van der Waals surface area contributed by atoms with Gasteiger partial charge < -0.3 is 29.4 Å². The van der Waals surface area contributed by atoms with Gasteiger partial charge in [0.05, 0.1) is 26.4 Å². The van der Waals surface area contributed by atoms with Crippen molar-refractivity contribution in [3.63, 3.8) is 0 Å². The van der Waals surface area contributed by atoms with Crippen LogP contribution in [0.25, 0.3) is 0 Å². The Bertz CT molecular complexity index is 465. The van der Waals surface area contributed by atoms with Gasteiger partial charge >= 0.3 is 17.9 Å². The molecule has 0 aliphatic rings. The van der Waals surface area contributed by atoms with Crippen molar-refractivity contribution in [2.24, 2.45) is 5.73 Å². The van der Waals surface area contributed by atoms with Crippen LogP contribution >= 0.6 is 0 Å². The van der Waals surface area contributed by atoms with Gasteiger partial charge in [0.15, 0.2) is 0 Å². The van der Waals surface area contributed by atoms with E-state index in [0.29, 0.717) is 26.3 Å². The van der Waals surface area contributed by atoms with Crippen LogP contribution in [-0.4, -0.2) is 94.2 Å². The first-order valence-electron chi connectivity index (χ1n) is 9.22. The first-order valence-corrected chi connectivity index (χ1v) is 9.22. The second-order valence-corrected chi connectivity index (χ2v) is 6.88. The second-order valence-electron chi connectivity index (χ2n) is 6.88. The van der Waals surface area contributed by atoms with Gasteiger partial charge in [-0.3, -0.25) is 14.5 Å². The molecular formula is C18H34N2O8. The molecule has 0 saturated heterocycles. The van der Waals surface area contributed by atoms with Crippen molar-refractivity contribution < 1.29 is 38.1 Å². The smallest absolute Gasteiger partial charge is 0.332 e. The Morgan fingerprint density at radius 1 is 0.857 bits per heavy atom. The summed E-state index contributed by atoms with van der Waals surface area (Å²) in [5.41, 5.74) is 4.68. The molecule has 0 saturated carbocycles. The van der Waals surface area contributed by atoms with Gasteiger partial charge in [-0.05, 0) is 20.8 Å². The molecule has 0 aliphatic heterocycles. The summed E-state index contributed by atoms with van der Waals surface area (Å²) >= 11 is 0. The molecule has 0 unspecified atom stereocenters. The van der Waals surface area contributed by atoms with E-state index in [-0.39, 0.29) is 39.5 Å². The minimum atomic E-state index is -0.601. The van der Waals surface area contributed by atoms with Crippen LogP contribution in [0.4, 0.5) is 0 Å². The quantitative estimate of drug-likeness (QED) is 0.220. The summed E-state index contributed by atoms with van der Waals surface area (Å²) in [4.78, 5) is 36.2. The summed E-state index contributed by atoms with van der Waals surface area (Å²) in [6, 6.07) is 0. The largest absolute Gasteiger partial charge is 0.465 e. The van der Waals surface area contributed by atoms with E-state index in [9.17, 15) is 14.4 Å². The molecule has 0 radical (unpaired) electrons. The summed E-state index contributed by atoms with van der Waals surface area (Å²) in [5, 5.41) is 0. The van der Waals surface area contributed by atoms with Crippen LogP contribution in [0.15, 0.2) is 0 Å². The molecule has 0 rings (SSSR count). The molecular weight excluding hydrogens is 372 g/mol. The van der Waals surface area contributed by atoms with E-state index in [4.69, 9.17) is 29.4 Å². The maximum atomic E-state index is 12.0. The number of hydrogen-bond acceptors (Lipinski definition) is 10. The maximum Gasteiger partial charge on any atom is 0.332 e. The third kappa shape index (κ3) is 17.7. The van der Waals surface area contributed by atoms with Gasteiger partial charge in [-0.2, -0.15) is 0 Å². The van der Waals surface area contributed by atoms with Crippen molar-refractivity contribution in [2.75, 3.05) is 65.8 Å². The molecule has 0 heterocycles. The Labute approximate surface area is 166 Å². The molecule has 0 amide bonds. The van der Waals surface area contributed by atoms with Gasteiger partial charge in [-0.15, -0.1) is 0 Å². The molecule has 0 aromatic heterocycles. The molecule has 0 fully saturated rings. The lowest BCUT2D eigenvalue weighted by Crippen LogP contribution is -2.39. The molecule has 0 aliphatic carbocycles. The first kappa shape index (κ1) is 26.2. The van der Waals surface area contributed by atoms with Crippen molar-refractivity contribution in [1.29, 1.82) is 0 Å². The number of ether oxygens (including phenoxy) is 5. The lowest BCUT2D eigenvalue weighted by Gasteiger charge is -2.24. The first-order chi connectivity index (χ1) is 13.1. The van der Waals surface area contributed by atoms with Gasteiger partial charge in [0.25, 0.3) is 0 Å². The number of carbonyl (C=O) groups is 3. The van der Waals surface area contributed by atoms with Crippen molar-refractivity contribution in [3.05, 3.63) is 0 Å². The highest BCUT2D eigenvalue weighted by Crippen LogP contribution is 2.07. The molecule has 0 atom stereocenters. The molecule has 164 valence electrons. The number of nitrogens with zero attached hydrogens (tertiary/aromatic N) is 1. The van der Waals surface area contributed by atoms with E-state index < -0.39 is 23.5 Å². The van der Waals surface area contributed by atoms with Crippen molar-refractivity contribution >= 4 is 17.9 Å². The molecule has 0 bridgehead atoms. The summed E-state index contributed by atoms with van der Waals surface area (Å²) in [7, 11) is 0. The van der Waals surface area contributed by atoms with Crippen molar-refractivity contribution in [1.82, 2.24) is 4.90 Å². The van der Waals surface area contributed by atoms with E-state index in [1.807, 2.05) is 0 Å². The van der Waals surface area contributed by atoms with Gasteiger partial charge in [0.1, 0.15) is 25.4 Å². The topological polar surface area (TPSA) is 127 Å². The fourth-order valence-electron chi connectivity index (χ4n) is 1.93. The highest BCUT2D eigenvalue weighted by atomic mass is 16.6. The van der Waals surface area contributed by atoms with Gasteiger partial charge in [0.2, 0.25) is 0 Å². The van der Waals surface area contributed by atoms with Crippen LogP contribution < -0.4 is 5.73 Å². The zero-order valence-electron chi connectivity index (χ0n) is 17.4. The minimum absolute atomic E-state index is 0.00886. The average molecular weight is 406 g/mol. The normalized spacial score (nSPS) is 11.4. The van der Waals surface area contributed by atoms with E-state index in [1.54, 1.807) is 25.7 Å². The lowest BCUT2D eigenvalue weighted by molar-refractivity contribution is -0.156. The fraction of sp³-hybridized carbons (Fsp3) is 0.833. The van der Waals surface area contributed by atoms with Gasteiger partial charge in [-0.1, -0.05) is 0 Å². The number of hydrogen-bond donors (Lipinski definition) is 1. The highest BCUT2D eigenvalue weighted by molar-refractivity contribution is 5.72. The van der Waals surface area contributed by atoms with Crippen LogP contribution in [0.1, 0.15) is 27.7 Å². The van der Waals surface area contributed by atoms with E-state index in [0.717, 1.165) is 0 Å². The zero-order chi connectivity index (χ0) is 21.4. The summed E-state index contributed by atoms with van der Waals surface area (Å²) in [6.07, 6.45) is 0. The molecule has 28 heavy (non-hydrogen) atoms. The highest BCUT2D eigenvalue weighted by Gasteiger charge is 2.19. The Balaban J connectivity index is 4.18. The number of rotatable bonds is 15. The van der Waals surface area contributed by atoms with Crippen LogP contribution in [0.2, 0.25) is 0 Å². The Hall–Kier alpha value is -1.75.